The molecule has 112 valence electrons. The van der Waals surface area contributed by atoms with Crippen LogP contribution >= 0.6 is 0 Å². The molecule has 0 aliphatic heterocycles. The van der Waals surface area contributed by atoms with Crippen molar-refractivity contribution in [1.82, 2.24) is 0 Å². The van der Waals surface area contributed by atoms with E-state index in [0.29, 0.717) is 0 Å². The summed E-state index contributed by atoms with van der Waals surface area (Å²) in [6.07, 6.45) is 4.65. The first kappa shape index (κ1) is 15.8. The van der Waals surface area contributed by atoms with E-state index in [0.717, 1.165) is 17.6 Å². The van der Waals surface area contributed by atoms with E-state index in [2.05, 4.69) is 65.8 Å². The zero-order valence-corrected chi connectivity index (χ0v) is 14.0. The molecule has 0 radical (unpaired) electrons. The van der Waals surface area contributed by atoms with E-state index in [1.54, 1.807) is 0 Å². The predicted octanol–water partition coefficient (Wildman–Crippen LogP) is 5.26. The van der Waals surface area contributed by atoms with Gasteiger partial charge in [0, 0.05) is 0 Å². The van der Waals surface area contributed by atoms with Crippen molar-refractivity contribution < 1.29 is 5.11 Å². The van der Waals surface area contributed by atoms with Gasteiger partial charge in [0.05, 0.1) is 0 Å². The summed E-state index contributed by atoms with van der Waals surface area (Å²) < 4.78 is 0. The van der Waals surface area contributed by atoms with Crippen LogP contribution in [0.4, 0.5) is 0 Å². The van der Waals surface area contributed by atoms with Crippen molar-refractivity contribution in [3.63, 3.8) is 0 Å². The molecule has 0 saturated heterocycles. The fourth-order valence-corrected chi connectivity index (χ4v) is 2.79. The number of hydrogen-bond donors (Lipinski definition) is 1. The Labute approximate surface area is 128 Å². The van der Waals surface area contributed by atoms with Crippen LogP contribution in [0.25, 0.3) is 0 Å². The first-order valence-corrected chi connectivity index (χ1v) is 7.62. The van der Waals surface area contributed by atoms with Crippen molar-refractivity contribution in [3.05, 3.63) is 68.8 Å². The zero-order valence-electron chi connectivity index (χ0n) is 14.0. The highest BCUT2D eigenvalue weighted by molar-refractivity contribution is 5.46. The molecular formula is C20H26O. The zero-order chi connectivity index (χ0) is 15.7. The maximum absolute atomic E-state index is 10.8. The van der Waals surface area contributed by atoms with Crippen LogP contribution in [0.5, 0.6) is 0 Å². The second kappa shape index (κ2) is 6.03. The standard InChI is InChI=1S/C20H26O/c1-12-7-8-18(9-13(2)16(12)5)20(21)19-10-14(3)17(6)15(4)11-19/h8-11,20-21H,7H2,1-6H3. The third kappa shape index (κ3) is 3.19. The number of hydrogen-bond acceptors (Lipinski definition) is 1. The number of allylic oxidation sites excluding steroid dienone is 4. The lowest BCUT2D eigenvalue weighted by Gasteiger charge is -2.16. The van der Waals surface area contributed by atoms with Gasteiger partial charge in [0.25, 0.3) is 0 Å². The largest absolute Gasteiger partial charge is 0.384 e. The summed E-state index contributed by atoms with van der Waals surface area (Å²) in [6, 6.07) is 4.21. The average molecular weight is 282 g/mol. The van der Waals surface area contributed by atoms with E-state index in [4.69, 9.17) is 0 Å². The average Bonchev–Trinajstić information content (AvgIpc) is 2.57. The fourth-order valence-electron chi connectivity index (χ4n) is 2.79. The topological polar surface area (TPSA) is 20.2 Å². The molecule has 0 saturated carbocycles. The molecule has 1 aromatic rings. The third-order valence-electron chi connectivity index (χ3n) is 4.84. The number of aryl methyl sites for hydroxylation is 2. The van der Waals surface area contributed by atoms with Crippen LogP contribution in [0.15, 0.2) is 46.6 Å². The van der Waals surface area contributed by atoms with Gasteiger partial charge in [-0.25, -0.2) is 0 Å². The van der Waals surface area contributed by atoms with Crippen LogP contribution in [-0.2, 0) is 0 Å². The Morgan fingerprint density at radius 3 is 2.10 bits per heavy atom. The Morgan fingerprint density at radius 2 is 1.52 bits per heavy atom. The second-order valence-corrected chi connectivity index (χ2v) is 6.32. The van der Waals surface area contributed by atoms with E-state index in [-0.39, 0.29) is 0 Å². The number of benzene rings is 1. The molecule has 1 aromatic carbocycles. The van der Waals surface area contributed by atoms with Crippen LogP contribution in [0, 0.1) is 20.8 Å². The molecule has 1 heteroatoms. The summed E-state index contributed by atoms with van der Waals surface area (Å²) in [5, 5.41) is 10.8. The van der Waals surface area contributed by atoms with Gasteiger partial charge in [0.2, 0.25) is 0 Å². The highest BCUT2D eigenvalue weighted by Gasteiger charge is 2.16. The van der Waals surface area contributed by atoms with Crippen molar-refractivity contribution in [2.45, 2.75) is 54.1 Å². The molecule has 1 aliphatic rings. The van der Waals surface area contributed by atoms with Gasteiger partial charge in [-0.2, -0.15) is 0 Å². The highest BCUT2D eigenvalue weighted by atomic mass is 16.3. The molecule has 0 aromatic heterocycles. The van der Waals surface area contributed by atoms with E-state index in [1.807, 2.05) is 0 Å². The van der Waals surface area contributed by atoms with Crippen LogP contribution in [-0.4, -0.2) is 5.11 Å². The molecule has 1 unspecified atom stereocenters. The van der Waals surface area contributed by atoms with Crippen LogP contribution < -0.4 is 0 Å². The Bertz CT molecular complexity index is 633. The van der Waals surface area contributed by atoms with E-state index < -0.39 is 6.10 Å². The molecule has 21 heavy (non-hydrogen) atoms. The van der Waals surface area contributed by atoms with Crippen molar-refractivity contribution in [1.29, 1.82) is 0 Å². The molecule has 1 N–H and O–H groups in total. The molecule has 0 fully saturated rings. The normalized spacial score (nSPS) is 17.3. The predicted molar refractivity (Wildman–Crippen MR) is 90.4 cm³/mol. The van der Waals surface area contributed by atoms with Gasteiger partial charge in [-0.05, 0) is 86.9 Å². The lowest BCUT2D eigenvalue weighted by atomic mass is 9.93. The minimum absolute atomic E-state index is 0.545. The summed E-state index contributed by atoms with van der Waals surface area (Å²) >= 11 is 0. The van der Waals surface area contributed by atoms with Crippen LogP contribution in [0.2, 0.25) is 0 Å². The Balaban J connectivity index is 2.40. The third-order valence-corrected chi connectivity index (χ3v) is 4.84. The molecule has 1 aliphatic carbocycles. The molecular weight excluding hydrogens is 256 g/mol. The Morgan fingerprint density at radius 1 is 0.952 bits per heavy atom. The van der Waals surface area contributed by atoms with E-state index >= 15 is 0 Å². The van der Waals surface area contributed by atoms with Gasteiger partial charge in [-0.1, -0.05) is 29.9 Å². The SMILES string of the molecule is CC1=CC(C(O)c2cc(C)c(C)c(C)c2)=CCC(C)=C1C. The number of rotatable bonds is 2. The monoisotopic (exact) mass is 282 g/mol. The molecule has 0 heterocycles. The summed E-state index contributed by atoms with van der Waals surface area (Å²) in [5.41, 5.74) is 9.74. The maximum atomic E-state index is 10.8. The Hall–Kier alpha value is -1.60. The molecule has 2 rings (SSSR count). The summed E-state index contributed by atoms with van der Waals surface area (Å²) in [5.74, 6) is 0. The first-order valence-electron chi connectivity index (χ1n) is 7.62. The van der Waals surface area contributed by atoms with Gasteiger partial charge in [0.15, 0.2) is 0 Å². The van der Waals surface area contributed by atoms with E-state index in [1.165, 1.54) is 33.4 Å². The fraction of sp³-hybridized carbons (Fsp3) is 0.400. The van der Waals surface area contributed by atoms with Crippen LogP contribution in [0.3, 0.4) is 0 Å². The lowest BCUT2D eigenvalue weighted by molar-refractivity contribution is 0.219. The van der Waals surface area contributed by atoms with Gasteiger partial charge in [-0.3, -0.25) is 0 Å². The van der Waals surface area contributed by atoms with Crippen molar-refractivity contribution in [2.75, 3.05) is 0 Å². The minimum atomic E-state index is -0.545. The molecule has 1 atom stereocenters. The van der Waals surface area contributed by atoms with Gasteiger partial charge < -0.3 is 5.11 Å². The smallest absolute Gasteiger partial charge is 0.104 e. The van der Waals surface area contributed by atoms with Crippen LogP contribution in [0.1, 0.15) is 55.5 Å². The number of aliphatic hydroxyl groups excluding tert-OH is 1. The molecule has 1 nitrogen and oxygen atoms in total. The van der Waals surface area contributed by atoms with Crippen molar-refractivity contribution >= 4 is 0 Å². The summed E-state index contributed by atoms with van der Waals surface area (Å²) in [4.78, 5) is 0. The van der Waals surface area contributed by atoms with Crippen molar-refractivity contribution in [2.24, 2.45) is 0 Å². The molecule has 0 spiro atoms. The van der Waals surface area contributed by atoms with Gasteiger partial charge in [-0.15, -0.1) is 0 Å². The van der Waals surface area contributed by atoms with Crippen molar-refractivity contribution in [3.8, 4) is 0 Å². The maximum Gasteiger partial charge on any atom is 0.104 e. The minimum Gasteiger partial charge on any atom is -0.384 e. The van der Waals surface area contributed by atoms with Gasteiger partial charge >= 0.3 is 0 Å². The first-order chi connectivity index (χ1) is 9.81. The van der Waals surface area contributed by atoms with Gasteiger partial charge in [0.1, 0.15) is 6.10 Å². The highest BCUT2D eigenvalue weighted by Crippen LogP contribution is 2.31. The summed E-state index contributed by atoms with van der Waals surface area (Å²) in [6.45, 7) is 12.8. The lowest BCUT2D eigenvalue weighted by Crippen LogP contribution is -2.02. The quantitative estimate of drug-likeness (QED) is 0.784. The molecule has 0 bridgehead atoms. The second-order valence-electron chi connectivity index (χ2n) is 6.32. The Kier molecular flexibility index (Phi) is 4.53. The number of aliphatic hydroxyl groups is 1. The van der Waals surface area contributed by atoms with E-state index in [9.17, 15) is 5.11 Å². The molecule has 0 amide bonds. The summed E-state index contributed by atoms with van der Waals surface area (Å²) in [7, 11) is 0.